The number of furan rings is 1. The summed E-state index contributed by atoms with van der Waals surface area (Å²) in [5, 5.41) is 9.04. The predicted molar refractivity (Wildman–Crippen MR) is 227 cm³/mol. The van der Waals surface area contributed by atoms with Crippen LogP contribution in [-0.2, 0) is 0 Å². The van der Waals surface area contributed by atoms with Crippen LogP contribution in [0.4, 0.5) is 0 Å². The average molecular weight is 702 g/mol. The number of hydrogen-bond donors (Lipinski definition) is 0. The summed E-state index contributed by atoms with van der Waals surface area (Å²) in [5.74, 6) is 1.82. The Hall–Kier alpha value is -7.43. The molecule has 4 heteroatoms. The van der Waals surface area contributed by atoms with E-state index >= 15 is 0 Å². The molecule has 0 aliphatic rings. The van der Waals surface area contributed by atoms with Crippen molar-refractivity contribution in [3.8, 4) is 56.4 Å². The summed E-state index contributed by atoms with van der Waals surface area (Å²) in [6.07, 6.45) is 0. The fourth-order valence-electron chi connectivity index (χ4n) is 7.99. The smallest absolute Gasteiger partial charge is 0.164 e. The van der Waals surface area contributed by atoms with E-state index in [1.54, 1.807) is 0 Å². The van der Waals surface area contributed by atoms with Gasteiger partial charge in [0.05, 0.1) is 0 Å². The lowest BCUT2D eigenvalue weighted by atomic mass is 9.95. The van der Waals surface area contributed by atoms with E-state index in [1.807, 2.05) is 24.3 Å². The maximum absolute atomic E-state index is 6.57. The molecular weight excluding hydrogens is 671 g/mol. The van der Waals surface area contributed by atoms with Gasteiger partial charge in [0.1, 0.15) is 11.2 Å². The van der Waals surface area contributed by atoms with Gasteiger partial charge in [-0.15, -0.1) is 0 Å². The first kappa shape index (κ1) is 31.1. The molecule has 0 aliphatic heterocycles. The van der Waals surface area contributed by atoms with Crippen LogP contribution in [0.25, 0.3) is 111 Å². The molecule has 256 valence electrons. The Morgan fingerprint density at radius 3 is 1.56 bits per heavy atom. The molecule has 2 heterocycles. The van der Waals surface area contributed by atoms with Gasteiger partial charge in [-0.2, -0.15) is 0 Å². The second-order valence-corrected chi connectivity index (χ2v) is 14.0. The zero-order valence-corrected chi connectivity index (χ0v) is 29.6. The number of nitrogens with zero attached hydrogens (tertiary/aromatic N) is 3. The van der Waals surface area contributed by atoms with Crippen LogP contribution >= 0.6 is 0 Å². The van der Waals surface area contributed by atoms with E-state index in [9.17, 15) is 0 Å². The summed E-state index contributed by atoms with van der Waals surface area (Å²) in [7, 11) is 0. The lowest BCUT2D eigenvalue weighted by Gasteiger charge is -2.12. The van der Waals surface area contributed by atoms with Gasteiger partial charge in [-0.3, -0.25) is 0 Å². The third kappa shape index (κ3) is 5.34. The quantitative estimate of drug-likeness (QED) is 0.168. The number of aromatic nitrogens is 3. The van der Waals surface area contributed by atoms with E-state index < -0.39 is 0 Å². The van der Waals surface area contributed by atoms with E-state index in [0.717, 1.165) is 60.5 Å². The van der Waals surface area contributed by atoms with Crippen molar-refractivity contribution in [2.45, 2.75) is 0 Å². The van der Waals surface area contributed by atoms with Crippen molar-refractivity contribution in [3.63, 3.8) is 0 Å². The molecule has 4 nitrogen and oxygen atoms in total. The predicted octanol–water partition coefficient (Wildman–Crippen LogP) is 13.6. The van der Waals surface area contributed by atoms with Gasteiger partial charge in [0.2, 0.25) is 0 Å². The number of benzene rings is 9. The highest BCUT2D eigenvalue weighted by molar-refractivity contribution is 6.17. The number of rotatable bonds is 5. The average Bonchev–Trinajstić information content (AvgIpc) is 3.66. The maximum atomic E-state index is 6.57. The molecule has 0 fully saturated rings. The Morgan fingerprint density at radius 1 is 0.291 bits per heavy atom. The van der Waals surface area contributed by atoms with Crippen molar-refractivity contribution >= 4 is 54.3 Å². The standard InChI is InChI=1S/C51H31N3O/c1-2-10-32(11-3-1)34-20-23-36(24-21-34)42-16-8-18-45-47(42)48-43(17-9-19-46(48)55-45)51-53-49(39-28-22-33-12-4-5-14-38(33)30-39)52-50(54-51)40-29-27-37-26-25-35-13-6-7-15-41(35)44(37)31-40/h1-31H. The van der Waals surface area contributed by atoms with E-state index in [-0.39, 0.29) is 0 Å². The van der Waals surface area contributed by atoms with Crippen LogP contribution in [0.2, 0.25) is 0 Å². The maximum Gasteiger partial charge on any atom is 0.164 e. The molecule has 0 saturated carbocycles. The largest absolute Gasteiger partial charge is 0.456 e. The molecule has 0 radical (unpaired) electrons. The second-order valence-electron chi connectivity index (χ2n) is 14.0. The second kappa shape index (κ2) is 12.6. The van der Waals surface area contributed by atoms with Gasteiger partial charge < -0.3 is 4.42 Å². The van der Waals surface area contributed by atoms with Gasteiger partial charge in [-0.05, 0) is 78.8 Å². The molecule has 0 bridgehead atoms. The molecule has 0 unspecified atom stereocenters. The van der Waals surface area contributed by atoms with Crippen LogP contribution in [0.15, 0.2) is 192 Å². The summed E-state index contributed by atoms with van der Waals surface area (Å²) in [5.41, 5.74) is 8.92. The molecule has 0 atom stereocenters. The third-order valence-electron chi connectivity index (χ3n) is 10.7. The highest BCUT2D eigenvalue weighted by Gasteiger charge is 2.20. The monoisotopic (exact) mass is 701 g/mol. The van der Waals surface area contributed by atoms with E-state index in [1.165, 1.54) is 32.7 Å². The zero-order chi connectivity index (χ0) is 36.3. The summed E-state index contributed by atoms with van der Waals surface area (Å²) < 4.78 is 6.57. The molecule has 9 aromatic carbocycles. The first-order valence-corrected chi connectivity index (χ1v) is 18.5. The van der Waals surface area contributed by atoms with E-state index in [4.69, 9.17) is 19.4 Å². The normalized spacial score (nSPS) is 11.6. The summed E-state index contributed by atoms with van der Waals surface area (Å²) in [6.45, 7) is 0. The van der Waals surface area contributed by atoms with Crippen molar-refractivity contribution in [3.05, 3.63) is 188 Å². The van der Waals surface area contributed by atoms with E-state index in [0.29, 0.717) is 17.5 Å². The Balaban J connectivity index is 1.14. The number of hydrogen-bond acceptors (Lipinski definition) is 4. The van der Waals surface area contributed by atoms with Gasteiger partial charge in [0, 0.05) is 27.5 Å². The first-order chi connectivity index (χ1) is 27.2. The van der Waals surface area contributed by atoms with Crippen LogP contribution in [0.3, 0.4) is 0 Å². The molecule has 55 heavy (non-hydrogen) atoms. The molecule has 0 amide bonds. The van der Waals surface area contributed by atoms with E-state index in [2.05, 4.69) is 164 Å². The van der Waals surface area contributed by atoms with Crippen LogP contribution in [0.5, 0.6) is 0 Å². The molecule has 11 aromatic rings. The van der Waals surface area contributed by atoms with Gasteiger partial charge in [0.25, 0.3) is 0 Å². The molecule has 0 spiro atoms. The van der Waals surface area contributed by atoms with Crippen molar-refractivity contribution in [1.82, 2.24) is 15.0 Å². The number of fused-ring (bicyclic) bond motifs is 7. The van der Waals surface area contributed by atoms with Crippen LogP contribution in [0, 0.1) is 0 Å². The fourth-order valence-corrected chi connectivity index (χ4v) is 7.99. The highest BCUT2D eigenvalue weighted by atomic mass is 16.3. The Bertz CT molecular complexity index is 3260. The lowest BCUT2D eigenvalue weighted by molar-refractivity contribution is 0.669. The summed E-state index contributed by atoms with van der Waals surface area (Å²) in [4.78, 5) is 15.7. The molecule has 2 aromatic heterocycles. The van der Waals surface area contributed by atoms with Gasteiger partial charge in [0.15, 0.2) is 17.5 Å². The molecular formula is C51H31N3O. The zero-order valence-electron chi connectivity index (χ0n) is 29.6. The van der Waals surface area contributed by atoms with Crippen molar-refractivity contribution in [2.75, 3.05) is 0 Å². The minimum Gasteiger partial charge on any atom is -0.456 e. The fraction of sp³-hybridized carbons (Fsp3) is 0. The van der Waals surface area contributed by atoms with Gasteiger partial charge >= 0.3 is 0 Å². The van der Waals surface area contributed by atoms with Crippen LogP contribution < -0.4 is 0 Å². The molecule has 0 saturated heterocycles. The van der Waals surface area contributed by atoms with Crippen molar-refractivity contribution in [1.29, 1.82) is 0 Å². The van der Waals surface area contributed by atoms with Gasteiger partial charge in [-0.1, -0.05) is 164 Å². The third-order valence-corrected chi connectivity index (χ3v) is 10.7. The van der Waals surface area contributed by atoms with Crippen LogP contribution in [0.1, 0.15) is 0 Å². The molecule has 11 rings (SSSR count). The SMILES string of the molecule is c1ccc(-c2ccc(-c3cccc4oc5cccc(-c6nc(-c7ccc8ccccc8c7)nc(-c7ccc8ccc9ccccc9c8c7)n6)c5c34)cc2)cc1. The minimum absolute atomic E-state index is 0.591. The topological polar surface area (TPSA) is 51.8 Å². The molecule has 0 aliphatic carbocycles. The highest BCUT2D eigenvalue weighted by Crippen LogP contribution is 2.42. The minimum atomic E-state index is 0.591. The Kier molecular flexibility index (Phi) is 7.14. The van der Waals surface area contributed by atoms with Gasteiger partial charge in [-0.25, -0.2) is 15.0 Å². The first-order valence-electron chi connectivity index (χ1n) is 18.5. The Labute approximate surface area is 317 Å². The lowest BCUT2D eigenvalue weighted by Crippen LogP contribution is -2.00. The van der Waals surface area contributed by atoms with Crippen LogP contribution in [-0.4, -0.2) is 15.0 Å². The Morgan fingerprint density at radius 2 is 0.800 bits per heavy atom. The summed E-state index contributed by atoms with van der Waals surface area (Å²) in [6, 6.07) is 65.8. The van der Waals surface area contributed by atoms with Crippen molar-refractivity contribution < 1.29 is 4.42 Å². The van der Waals surface area contributed by atoms with Crippen molar-refractivity contribution in [2.24, 2.45) is 0 Å². The molecule has 0 N–H and O–H groups in total. The summed E-state index contributed by atoms with van der Waals surface area (Å²) >= 11 is 0.